The third-order valence-electron chi connectivity index (χ3n) is 4.59. The second kappa shape index (κ2) is 8.76. The summed E-state index contributed by atoms with van der Waals surface area (Å²) in [4.78, 5) is 26.5. The van der Waals surface area contributed by atoms with Crippen molar-refractivity contribution in [2.75, 3.05) is 11.1 Å². The first-order valence-corrected chi connectivity index (χ1v) is 10.3. The van der Waals surface area contributed by atoms with Crippen molar-refractivity contribution in [3.8, 4) is 0 Å². The SMILES string of the molecule is O=C(CSc1cccc2ccccc12)Nc1ccccc1C(=O)c1ccccc1. The average molecular weight is 397 g/mol. The second-order valence-electron chi connectivity index (χ2n) is 6.55. The van der Waals surface area contributed by atoms with Crippen LogP contribution in [0.2, 0.25) is 0 Å². The summed E-state index contributed by atoms with van der Waals surface area (Å²) in [7, 11) is 0. The molecule has 0 unspecified atom stereocenters. The highest BCUT2D eigenvalue weighted by Crippen LogP contribution is 2.28. The number of ketones is 1. The molecule has 0 saturated heterocycles. The fourth-order valence-electron chi connectivity index (χ4n) is 3.19. The van der Waals surface area contributed by atoms with Crippen LogP contribution in [0.25, 0.3) is 10.8 Å². The van der Waals surface area contributed by atoms with E-state index >= 15 is 0 Å². The minimum absolute atomic E-state index is 0.108. The highest BCUT2D eigenvalue weighted by Gasteiger charge is 2.15. The fourth-order valence-corrected chi connectivity index (χ4v) is 4.06. The van der Waals surface area contributed by atoms with Crippen LogP contribution in [0.3, 0.4) is 0 Å². The van der Waals surface area contributed by atoms with Crippen LogP contribution < -0.4 is 5.32 Å². The third-order valence-corrected chi connectivity index (χ3v) is 5.66. The van der Waals surface area contributed by atoms with E-state index in [1.165, 1.54) is 11.8 Å². The van der Waals surface area contributed by atoms with E-state index < -0.39 is 0 Å². The third kappa shape index (κ3) is 4.39. The summed E-state index contributed by atoms with van der Waals surface area (Å²) in [6.45, 7) is 0. The van der Waals surface area contributed by atoms with E-state index in [-0.39, 0.29) is 17.4 Å². The second-order valence-corrected chi connectivity index (χ2v) is 7.57. The standard InChI is InChI=1S/C25H19NO2S/c27-24(17-29-23-16-8-12-18-9-4-5-13-20(18)23)26-22-15-7-6-14-21(22)25(28)19-10-2-1-3-11-19/h1-16H,17H2,(H,26,27). The van der Waals surface area contributed by atoms with Gasteiger partial charge in [-0.15, -0.1) is 11.8 Å². The van der Waals surface area contributed by atoms with Crippen molar-refractivity contribution in [3.63, 3.8) is 0 Å². The molecule has 0 bridgehead atoms. The lowest BCUT2D eigenvalue weighted by molar-refractivity contribution is -0.113. The first-order valence-electron chi connectivity index (χ1n) is 9.31. The summed E-state index contributed by atoms with van der Waals surface area (Å²) in [5, 5.41) is 5.18. The van der Waals surface area contributed by atoms with Gasteiger partial charge in [-0.2, -0.15) is 0 Å². The molecule has 0 heterocycles. The normalized spacial score (nSPS) is 10.6. The summed E-state index contributed by atoms with van der Waals surface area (Å²) < 4.78 is 0. The molecule has 142 valence electrons. The number of anilines is 1. The zero-order valence-corrected chi connectivity index (χ0v) is 16.5. The summed E-state index contributed by atoms with van der Waals surface area (Å²) in [6, 6.07) is 30.4. The number of nitrogens with one attached hydrogen (secondary N) is 1. The van der Waals surface area contributed by atoms with Gasteiger partial charge in [0.05, 0.1) is 11.4 Å². The van der Waals surface area contributed by atoms with Gasteiger partial charge < -0.3 is 5.32 Å². The molecule has 1 N–H and O–H groups in total. The Bertz CT molecular complexity index is 1170. The Morgan fingerprint density at radius 3 is 2.28 bits per heavy atom. The molecule has 0 radical (unpaired) electrons. The van der Waals surface area contributed by atoms with Crippen LogP contribution in [0.5, 0.6) is 0 Å². The van der Waals surface area contributed by atoms with E-state index in [2.05, 4.69) is 23.5 Å². The van der Waals surface area contributed by atoms with Gasteiger partial charge in [-0.25, -0.2) is 0 Å². The van der Waals surface area contributed by atoms with Crippen molar-refractivity contribution in [1.82, 2.24) is 0 Å². The summed E-state index contributed by atoms with van der Waals surface area (Å²) >= 11 is 1.49. The zero-order chi connectivity index (χ0) is 20.1. The van der Waals surface area contributed by atoms with Gasteiger partial charge in [0, 0.05) is 16.0 Å². The first-order chi connectivity index (χ1) is 14.2. The molecular formula is C25H19NO2S. The molecule has 3 nitrogen and oxygen atoms in total. The van der Waals surface area contributed by atoms with E-state index in [1.807, 2.05) is 48.5 Å². The summed E-state index contributed by atoms with van der Waals surface area (Å²) in [6.07, 6.45) is 0. The van der Waals surface area contributed by atoms with Crippen LogP contribution in [0.4, 0.5) is 5.69 Å². The predicted molar refractivity (Wildman–Crippen MR) is 120 cm³/mol. The lowest BCUT2D eigenvalue weighted by Crippen LogP contribution is -2.17. The number of hydrogen-bond acceptors (Lipinski definition) is 3. The highest BCUT2D eigenvalue weighted by atomic mass is 32.2. The first kappa shape index (κ1) is 19.0. The van der Waals surface area contributed by atoms with Gasteiger partial charge in [-0.3, -0.25) is 9.59 Å². The topological polar surface area (TPSA) is 46.2 Å². The fraction of sp³-hybridized carbons (Fsp3) is 0.0400. The summed E-state index contributed by atoms with van der Waals surface area (Å²) in [5.74, 6) is 0.0152. The van der Waals surface area contributed by atoms with Crippen LogP contribution in [0.15, 0.2) is 102 Å². The van der Waals surface area contributed by atoms with Gasteiger partial charge in [-0.05, 0) is 29.0 Å². The molecule has 29 heavy (non-hydrogen) atoms. The number of fused-ring (bicyclic) bond motifs is 1. The molecule has 4 aromatic carbocycles. The maximum Gasteiger partial charge on any atom is 0.234 e. The molecule has 0 aliphatic heterocycles. The number of carbonyl (C=O) groups excluding carboxylic acids is 2. The smallest absolute Gasteiger partial charge is 0.234 e. The van der Waals surface area contributed by atoms with E-state index in [1.54, 1.807) is 30.3 Å². The largest absolute Gasteiger partial charge is 0.325 e. The molecule has 1 amide bonds. The minimum atomic E-state index is -0.142. The molecule has 4 heteroatoms. The van der Waals surface area contributed by atoms with Crippen LogP contribution >= 0.6 is 11.8 Å². The van der Waals surface area contributed by atoms with E-state index in [4.69, 9.17) is 0 Å². The maximum absolute atomic E-state index is 12.8. The Kier molecular flexibility index (Phi) is 5.73. The number of amides is 1. The van der Waals surface area contributed by atoms with E-state index in [0.29, 0.717) is 16.8 Å². The maximum atomic E-state index is 12.8. The molecule has 0 atom stereocenters. The van der Waals surface area contributed by atoms with Gasteiger partial charge in [0.15, 0.2) is 5.78 Å². The number of para-hydroxylation sites is 1. The molecule has 4 aromatic rings. The Morgan fingerprint density at radius 2 is 1.41 bits per heavy atom. The van der Waals surface area contributed by atoms with Gasteiger partial charge in [0.1, 0.15) is 0 Å². The van der Waals surface area contributed by atoms with Crippen molar-refractivity contribution < 1.29 is 9.59 Å². The Hall–Kier alpha value is -3.37. The monoisotopic (exact) mass is 397 g/mol. The Morgan fingerprint density at radius 1 is 0.724 bits per heavy atom. The quantitative estimate of drug-likeness (QED) is 0.330. The molecule has 0 saturated carbocycles. The molecule has 4 rings (SSSR count). The number of thioether (sulfide) groups is 1. The van der Waals surface area contributed by atoms with Crippen molar-refractivity contribution in [3.05, 3.63) is 108 Å². The van der Waals surface area contributed by atoms with Crippen molar-refractivity contribution >= 4 is 39.9 Å². The van der Waals surface area contributed by atoms with Crippen LogP contribution in [0.1, 0.15) is 15.9 Å². The van der Waals surface area contributed by atoms with Gasteiger partial charge in [-0.1, -0.05) is 78.9 Å². The Labute approximate surface area is 173 Å². The lowest BCUT2D eigenvalue weighted by atomic mass is 10.0. The van der Waals surface area contributed by atoms with Crippen molar-refractivity contribution in [2.24, 2.45) is 0 Å². The van der Waals surface area contributed by atoms with Crippen molar-refractivity contribution in [2.45, 2.75) is 4.90 Å². The number of rotatable bonds is 6. The zero-order valence-electron chi connectivity index (χ0n) is 15.7. The highest BCUT2D eigenvalue weighted by molar-refractivity contribution is 8.00. The molecule has 0 aliphatic carbocycles. The van der Waals surface area contributed by atoms with E-state index in [0.717, 1.165) is 15.7 Å². The van der Waals surface area contributed by atoms with Crippen LogP contribution in [-0.2, 0) is 4.79 Å². The minimum Gasteiger partial charge on any atom is -0.325 e. The molecule has 0 aliphatic rings. The predicted octanol–water partition coefficient (Wildman–Crippen LogP) is 5.80. The van der Waals surface area contributed by atoms with E-state index in [9.17, 15) is 9.59 Å². The summed E-state index contributed by atoms with van der Waals surface area (Å²) in [5.41, 5.74) is 1.62. The van der Waals surface area contributed by atoms with Gasteiger partial charge >= 0.3 is 0 Å². The lowest BCUT2D eigenvalue weighted by Gasteiger charge is -2.11. The number of hydrogen-bond donors (Lipinski definition) is 1. The molecular weight excluding hydrogens is 378 g/mol. The number of carbonyl (C=O) groups is 2. The number of benzene rings is 4. The molecule has 0 spiro atoms. The average Bonchev–Trinajstić information content (AvgIpc) is 2.78. The van der Waals surface area contributed by atoms with Crippen LogP contribution in [0, 0.1) is 0 Å². The van der Waals surface area contributed by atoms with Crippen molar-refractivity contribution in [1.29, 1.82) is 0 Å². The molecule has 0 fully saturated rings. The van der Waals surface area contributed by atoms with Gasteiger partial charge in [0.2, 0.25) is 5.91 Å². The molecule has 0 aromatic heterocycles. The van der Waals surface area contributed by atoms with Gasteiger partial charge in [0.25, 0.3) is 0 Å². The van der Waals surface area contributed by atoms with Crippen LogP contribution in [-0.4, -0.2) is 17.4 Å². The Balaban J connectivity index is 1.48.